The average molecular weight is 244 g/mol. The van der Waals surface area contributed by atoms with Gasteiger partial charge in [-0.05, 0) is 18.9 Å². The summed E-state index contributed by atoms with van der Waals surface area (Å²) < 4.78 is 27.2. The summed E-state index contributed by atoms with van der Waals surface area (Å²) in [4.78, 5) is 1.82. The molecule has 92 valence electrons. The number of hydrogen-bond acceptors (Lipinski definition) is 2. The molecule has 0 N–H and O–H groups in total. The third-order valence-corrected chi connectivity index (χ3v) is 2.78. The van der Waals surface area contributed by atoms with Crippen molar-refractivity contribution >= 4 is 16.4 Å². The van der Waals surface area contributed by atoms with Crippen LogP contribution in [0.15, 0.2) is 27.5 Å². The fourth-order valence-electron chi connectivity index (χ4n) is 0.938. The van der Waals surface area contributed by atoms with Crippen LogP contribution in [0.1, 0.15) is 20.8 Å². The molecular formula is C11H20N2O2S. The van der Waals surface area contributed by atoms with Crippen molar-refractivity contribution in [1.82, 2.24) is 4.90 Å². The molecule has 0 atom stereocenters. The maximum atomic E-state index is 11.8. The van der Waals surface area contributed by atoms with E-state index in [-0.39, 0.29) is 10.8 Å². The van der Waals surface area contributed by atoms with Gasteiger partial charge in [0.2, 0.25) is 0 Å². The van der Waals surface area contributed by atoms with Crippen molar-refractivity contribution in [3.63, 3.8) is 0 Å². The molecule has 0 aliphatic rings. The summed E-state index contributed by atoms with van der Waals surface area (Å²) in [5, 5.41) is 0. The SMILES string of the molecule is C/C=C\C(=C/C(C)C)S(=O)(=O)/N=C/N(C)C. The van der Waals surface area contributed by atoms with Crippen molar-refractivity contribution < 1.29 is 8.42 Å². The second kappa shape index (κ2) is 6.48. The molecule has 16 heavy (non-hydrogen) atoms. The van der Waals surface area contributed by atoms with Gasteiger partial charge in [-0.15, -0.1) is 4.40 Å². The molecule has 0 aliphatic carbocycles. The summed E-state index contributed by atoms with van der Waals surface area (Å²) in [7, 11) is -0.127. The lowest BCUT2D eigenvalue weighted by Crippen LogP contribution is -2.10. The fourth-order valence-corrected chi connectivity index (χ4v) is 2.12. The molecule has 0 spiro atoms. The molecule has 0 radical (unpaired) electrons. The zero-order valence-corrected chi connectivity index (χ0v) is 11.3. The summed E-state index contributed by atoms with van der Waals surface area (Å²) in [6.45, 7) is 5.63. The molecule has 4 nitrogen and oxygen atoms in total. The van der Waals surface area contributed by atoms with Crippen molar-refractivity contribution in [2.75, 3.05) is 14.1 Å². The lowest BCUT2D eigenvalue weighted by Gasteiger charge is -2.05. The molecule has 0 saturated carbocycles. The minimum Gasteiger partial charge on any atom is -0.368 e. The normalized spacial score (nSPS) is 14.2. The first kappa shape index (κ1) is 14.9. The largest absolute Gasteiger partial charge is 0.368 e. The number of rotatable bonds is 5. The van der Waals surface area contributed by atoms with Gasteiger partial charge >= 0.3 is 0 Å². The van der Waals surface area contributed by atoms with Crippen LogP contribution in [0.3, 0.4) is 0 Å². The van der Waals surface area contributed by atoms with E-state index in [2.05, 4.69) is 4.40 Å². The molecule has 5 heteroatoms. The van der Waals surface area contributed by atoms with E-state index in [0.717, 1.165) is 0 Å². The van der Waals surface area contributed by atoms with Crippen molar-refractivity contribution in [2.24, 2.45) is 10.3 Å². The van der Waals surface area contributed by atoms with Crippen LogP contribution in [0, 0.1) is 5.92 Å². The van der Waals surface area contributed by atoms with Crippen molar-refractivity contribution in [2.45, 2.75) is 20.8 Å². The Morgan fingerprint density at radius 3 is 2.25 bits per heavy atom. The first-order chi connectivity index (χ1) is 7.29. The van der Waals surface area contributed by atoms with Gasteiger partial charge in [0.05, 0.1) is 4.91 Å². The third kappa shape index (κ3) is 5.70. The zero-order valence-electron chi connectivity index (χ0n) is 10.5. The van der Waals surface area contributed by atoms with Crippen LogP contribution in [-0.4, -0.2) is 33.8 Å². The van der Waals surface area contributed by atoms with Gasteiger partial charge in [0.15, 0.2) is 0 Å². The highest BCUT2D eigenvalue weighted by Gasteiger charge is 2.13. The van der Waals surface area contributed by atoms with E-state index in [9.17, 15) is 8.42 Å². The highest BCUT2D eigenvalue weighted by Crippen LogP contribution is 2.13. The summed E-state index contributed by atoms with van der Waals surface area (Å²) in [5.41, 5.74) is 0. The van der Waals surface area contributed by atoms with Gasteiger partial charge < -0.3 is 4.90 Å². The minimum atomic E-state index is -3.57. The van der Waals surface area contributed by atoms with E-state index in [1.807, 2.05) is 13.8 Å². The first-order valence-corrected chi connectivity index (χ1v) is 6.55. The van der Waals surface area contributed by atoms with Gasteiger partial charge in [-0.2, -0.15) is 8.42 Å². The summed E-state index contributed by atoms with van der Waals surface area (Å²) in [6.07, 6.45) is 6.22. The minimum absolute atomic E-state index is 0.163. The molecule has 0 aromatic heterocycles. The van der Waals surface area contributed by atoms with E-state index in [4.69, 9.17) is 0 Å². The average Bonchev–Trinajstić information content (AvgIpc) is 2.14. The van der Waals surface area contributed by atoms with Gasteiger partial charge in [0, 0.05) is 14.1 Å². The van der Waals surface area contributed by atoms with E-state index in [1.54, 1.807) is 44.1 Å². The van der Waals surface area contributed by atoms with Gasteiger partial charge in [-0.3, -0.25) is 0 Å². The van der Waals surface area contributed by atoms with Crippen LogP contribution in [-0.2, 0) is 10.0 Å². The number of nitrogens with zero attached hydrogens (tertiary/aromatic N) is 2. The van der Waals surface area contributed by atoms with Crippen LogP contribution in [0.25, 0.3) is 0 Å². The van der Waals surface area contributed by atoms with E-state index in [0.29, 0.717) is 0 Å². The van der Waals surface area contributed by atoms with E-state index >= 15 is 0 Å². The summed E-state index contributed by atoms with van der Waals surface area (Å²) >= 11 is 0. The molecule has 0 aliphatic heterocycles. The van der Waals surface area contributed by atoms with Crippen molar-refractivity contribution in [3.8, 4) is 0 Å². The predicted molar refractivity (Wildman–Crippen MR) is 68.8 cm³/mol. The van der Waals surface area contributed by atoms with Gasteiger partial charge in [0.1, 0.15) is 6.34 Å². The van der Waals surface area contributed by atoms with Crippen LogP contribution in [0.2, 0.25) is 0 Å². The highest BCUT2D eigenvalue weighted by molar-refractivity contribution is 7.94. The van der Waals surface area contributed by atoms with E-state index in [1.165, 1.54) is 6.34 Å². The summed E-state index contributed by atoms with van der Waals surface area (Å²) in [5.74, 6) is 0.163. The lowest BCUT2D eigenvalue weighted by atomic mass is 10.2. The number of allylic oxidation sites excluding steroid dienone is 3. The molecule has 0 unspecified atom stereocenters. The Morgan fingerprint density at radius 1 is 1.31 bits per heavy atom. The van der Waals surface area contributed by atoms with E-state index < -0.39 is 10.0 Å². The second-order valence-electron chi connectivity index (χ2n) is 3.97. The predicted octanol–water partition coefficient (Wildman–Crippen LogP) is 2.02. The maximum absolute atomic E-state index is 11.8. The van der Waals surface area contributed by atoms with Crippen molar-refractivity contribution in [3.05, 3.63) is 23.1 Å². The molecule has 0 aromatic rings. The quantitative estimate of drug-likeness (QED) is 0.422. The first-order valence-electron chi connectivity index (χ1n) is 5.11. The van der Waals surface area contributed by atoms with Gasteiger partial charge in [-0.25, -0.2) is 0 Å². The van der Waals surface area contributed by atoms with Gasteiger partial charge in [0.25, 0.3) is 10.0 Å². The van der Waals surface area contributed by atoms with Crippen LogP contribution in [0.5, 0.6) is 0 Å². The molecule has 0 rings (SSSR count). The molecular weight excluding hydrogens is 224 g/mol. The Balaban J connectivity index is 5.23. The van der Waals surface area contributed by atoms with Gasteiger partial charge in [-0.1, -0.05) is 26.0 Å². The number of sulfonamides is 1. The fraction of sp³-hybridized carbons (Fsp3) is 0.545. The Kier molecular flexibility index (Phi) is 6.03. The molecule has 0 aromatic carbocycles. The van der Waals surface area contributed by atoms with Crippen LogP contribution >= 0.6 is 0 Å². The standard InChI is InChI=1S/C11H20N2O2S/c1-6-7-11(8-10(2)3)16(14,15)12-9-13(4)5/h6-10H,1-5H3/b7-6-,11-8+,12-9+. The van der Waals surface area contributed by atoms with Crippen LogP contribution < -0.4 is 0 Å². The zero-order chi connectivity index (χ0) is 12.8. The second-order valence-corrected chi connectivity index (χ2v) is 5.60. The van der Waals surface area contributed by atoms with Crippen LogP contribution in [0.4, 0.5) is 0 Å². The monoisotopic (exact) mass is 244 g/mol. The highest BCUT2D eigenvalue weighted by atomic mass is 32.2. The topological polar surface area (TPSA) is 49.7 Å². The Morgan fingerprint density at radius 2 is 1.88 bits per heavy atom. The molecule has 0 bridgehead atoms. The molecule has 0 saturated heterocycles. The van der Waals surface area contributed by atoms with Crippen molar-refractivity contribution in [1.29, 1.82) is 0 Å². The maximum Gasteiger partial charge on any atom is 0.283 e. The third-order valence-electron chi connectivity index (χ3n) is 1.54. The molecule has 0 fully saturated rings. The summed E-state index contributed by atoms with van der Waals surface area (Å²) in [6, 6.07) is 0. The molecule has 0 heterocycles. The smallest absolute Gasteiger partial charge is 0.283 e. The Labute approximate surface area is 98.4 Å². The lowest BCUT2D eigenvalue weighted by molar-refractivity contribution is 0.600. The Hall–Kier alpha value is -1.10. The molecule has 0 amide bonds. The number of hydrogen-bond donors (Lipinski definition) is 0. The Bertz CT molecular complexity index is 390.